The van der Waals surface area contributed by atoms with Crippen LogP contribution >= 0.6 is 0 Å². The van der Waals surface area contributed by atoms with Crippen LogP contribution in [0.25, 0.3) is 0 Å². The summed E-state index contributed by atoms with van der Waals surface area (Å²) in [6.45, 7) is 10.4. The molecule has 0 radical (unpaired) electrons. The first kappa shape index (κ1) is 13.2. The molecule has 0 unspecified atom stereocenters. The van der Waals surface area contributed by atoms with Gasteiger partial charge in [0.05, 0.1) is 5.69 Å². The molecule has 0 bridgehead atoms. The molecule has 16 heavy (non-hydrogen) atoms. The van der Waals surface area contributed by atoms with Gasteiger partial charge in [0.1, 0.15) is 0 Å². The molecule has 0 aliphatic carbocycles. The smallest absolute Gasteiger partial charge is 0.0641 e. The van der Waals surface area contributed by atoms with E-state index >= 15 is 0 Å². The van der Waals surface area contributed by atoms with Gasteiger partial charge in [-0.2, -0.15) is 5.10 Å². The fourth-order valence-electron chi connectivity index (χ4n) is 1.77. The summed E-state index contributed by atoms with van der Waals surface area (Å²) in [4.78, 5) is 0. The number of hydrogen-bond donors (Lipinski definition) is 2. The van der Waals surface area contributed by atoms with Crippen LogP contribution < -0.4 is 10.6 Å². The van der Waals surface area contributed by atoms with Gasteiger partial charge in [-0.1, -0.05) is 6.92 Å². The Bertz CT molecular complexity index is 317. The van der Waals surface area contributed by atoms with Crippen LogP contribution in [0.1, 0.15) is 30.3 Å². The summed E-state index contributed by atoms with van der Waals surface area (Å²) in [6, 6.07) is 0. The SMILES string of the molecule is CCCNCCNCc1c(C)nn(C)c1C. The lowest BCUT2D eigenvalue weighted by Gasteiger charge is -2.06. The quantitative estimate of drug-likeness (QED) is 0.682. The Kier molecular flexibility index (Phi) is 5.49. The largest absolute Gasteiger partial charge is 0.315 e. The third-order valence-electron chi connectivity index (χ3n) is 2.87. The minimum atomic E-state index is 0.916. The summed E-state index contributed by atoms with van der Waals surface area (Å²) in [5.41, 5.74) is 3.72. The molecule has 1 rings (SSSR count). The van der Waals surface area contributed by atoms with Gasteiger partial charge >= 0.3 is 0 Å². The van der Waals surface area contributed by atoms with Crippen molar-refractivity contribution in [3.8, 4) is 0 Å². The molecule has 4 nitrogen and oxygen atoms in total. The van der Waals surface area contributed by atoms with Crippen molar-refractivity contribution < 1.29 is 0 Å². The summed E-state index contributed by atoms with van der Waals surface area (Å²) in [6.07, 6.45) is 1.20. The molecular weight excluding hydrogens is 200 g/mol. The fourth-order valence-corrected chi connectivity index (χ4v) is 1.77. The van der Waals surface area contributed by atoms with E-state index < -0.39 is 0 Å². The number of nitrogens with one attached hydrogen (secondary N) is 2. The number of aromatic nitrogens is 2. The third-order valence-corrected chi connectivity index (χ3v) is 2.87. The van der Waals surface area contributed by atoms with Crippen LogP contribution in [0.15, 0.2) is 0 Å². The second-order valence-electron chi connectivity index (χ2n) is 4.20. The minimum Gasteiger partial charge on any atom is -0.315 e. The van der Waals surface area contributed by atoms with Gasteiger partial charge < -0.3 is 10.6 Å². The number of hydrogen-bond acceptors (Lipinski definition) is 3. The zero-order chi connectivity index (χ0) is 12.0. The van der Waals surface area contributed by atoms with Gasteiger partial charge in [0, 0.05) is 37.9 Å². The molecule has 1 heterocycles. The maximum Gasteiger partial charge on any atom is 0.0641 e. The topological polar surface area (TPSA) is 41.9 Å². The Hall–Kier alpha value is -0.870. The highest BCUT2D eigenvalue weighted by Crippen LogP contribution is 2.10. The molecule has 92 valence electrons. The Labute approximate surface area is 98.4 Å². The van der Waals surface area contributed by atoms with Crippen molar-refractivity contribution in [3.05, 3.63) is 17.0 Å². The molecule has 1 aromatic rings. The highest BCUT2D eigenvalue weighted by Gasteiger charge is 2.07. The summed E-state index contributed by atoms with van der Waals surface area (Å²) in [5, 5.41) is 11.2. The van der Waals surface area contributed by atoms with Crippen LogP contribution in [0, 0.1) is 13.8 Å². The van der Waals surface area contributed by atoms with Crippen LogP contribution in [0.3, 0.4) is 0 Å². The third kappa shape index (κ3) is 3.61. The molecule has 0 saturated heterocycles. The maximum atomic E-state index is 4.40. The summed E-state index contributed by atoms with van der Waals surface area (Å²) in [7, 11) is 1.99. The molecule has 0 aliphatic rings. The molecule has 0 amide bonds. The molecule has 0 fully saturated rings. The van der Waals surface area contributed by atoms with Crippen molar-refractivity contribution in [2.75, 3.05) is 19.6 Å². The summed E-state index contributed by atoms with van der Waals surface area (Å²) >= 11 is 0. The lowest BCUT2D eigenvalue weighted by Crippen LogP contribution is -2.27. The second kappa shape index (κ2) is 6.66. The average molecular weight is 224 g/mol. The summed E-state index contributed by atoms with van der Waals surface area (Å²) in [5.74, 6) is 0. The second-order valence-corrected chi connectivity index (χ2v) is 4.20. The van der Waals surface area contributed by atoms with E-state index in [2.05, 4.69) is 36.5 Å². The lowest BCUT2D eigenvalue weighted by molar-refractivity contribution is 0.604. The first-order chi connectivity index (χ1) is 7.66. The van der Waals surface area contributed by atoms with Crippen molar-refractivity contribution in [2.24, 2.45) is 7.05 Å². The van der Waals surface area contributed by atoms with Gasteiger partial charge in [0.2, 0.25) is 0 Å². The normalized spacial score (nSPS) is 11.0. The standard InChI is InChI=1S/C12H24N4/c1-5-6-13-7-8-14-9-12-10(2)15-16(4)11(12)3/h13-14H,5-9H2,1-4H3. The Balaban J connectivity index is 2.26. The first-order valence-electron chi connectivity index (χ1n) is 6.07. The van der Waals surface area contributed by atoms with Crippen molar-refractivity contribution in [3.63, 3.8) is 0 Å². The molecule has 0 saturated carbocycles. The highest BCUT2D eigenvalue weighted by molar-refractivity contribution is 5.23. The van der Waals surface area contributed by atoms with Crippen LogP contribution in [-0.2, 0) is 13.6 Å². The highest BCUT2D eigenvalue weighted by atomic mass is 15.3. The van der Waals surface area contributed by atoms with Crippen molar-refractivity contribution in [1.29, 1.82) is 0 Å². The van der Waals surface area contributed by atoms with Crippen molar-refractivity contribution >= 4 is 0 Å². The van der Waals surface area contributed by atoms with E-state index in [1.54, 1.807) is 0 Å². The molecule has 0 aromatic carbocycles. The van der Waals surface area contributed by atoms with Crippen molar-refractivity contribution in [2.45, 2.75) is 33.7 Å². The molecule has 4 heteroatoms. The predicted molar refractivity (Wildman–Crippen MR) is 67.5 cm³/mol. The van der Waals surface area contributed by atoms with E-state index in [-0.39, 0.29) is 0 Å². The molecule has 0 spiro atoms. The van der Waals surface area contributed by atoms with E-state index in [0.717, 1.165) is 31.9 Å². The average Bonchev–Trinajstić information content (AvgIpc) is 2.49. The van der Waals surface area contributed by atoms with Crippen molar-refractivity contribution in [1.82, 2.24) is 20.4 Å². The number of aryl methyl sites for hydroxylation is 2. The predicted octanol–water partition coefficient (Wildman–Crippen LogP) is 1.13. The van der Waals surface area contributed by atoms with Gasteiger partial charge in [-0.05, 0) is 26.8 Å². The number of nitrogens with zero attached hydrogens (tertiary/aromatic N) is 2. The van der Waals surface area contributed by atoms with Gasteiger partial charge in [0.25, 0.3) is 0 Å². The van der Waals surface area contributed by atoms with E-state index in [4.69, 9.17) is 0 Å². The molecule has 1 aromatic heterocycles. The Morgan fingerprint density at radius 1 is 1.12 bits per heavy atom. The molecule has 0 aliphatic heterocycles. The monoisotopic (exact) mass is 224 g/mol. The van der Waals surface area contributed by atoms with Gasteiger partial charge in [-0.3, -0.25) is 4.68 Å². The minimum absolute atomic E-state index is 0.916. The fraction of sp³-hybridized carbons (Fsp3) is 0.750. The van der Waals surface area contributed by atoms with E-state index in [0.29, 0.717) is 0 Å². The zero-order valence-corrected chi connectivity index (χ0v) is 10.9. The van der Waals surface area contributed by atoms with Gasteiger partial charge in [0.15, 0.2) is 0 Å². The van der Waals surface area contributed by atoms with E-state index in [9.17, 15) is 0 Å². The maximum absolute atomic E-state index is 4.40. The first-order valence-corrected chi connectivity index (χ1v) is 6.07. The van der Waals surface area contributed by atoms with Gasteiger partial charge in [-0.15, -0.1) is 0 Å². The summed E-state index contributed by atoms with van der Waals surface area (Å²) < 4.78 is 1.95. The Morgan fingerprint density at radius 2 is 1.81 bits per heavy atom. The van der Waals surface area contributed by atoms with E-state index in [1.165, 1.54) is 17.7 Å². The number of rotatable bonds is 7. The van der Waals surface area contributed by atoms with Gasteiger partial charge in [-0.25, -0.2) is 0 Å². The van der Waals surface area contributed by atoms with E-state index in [1.807, 2.05) is 11.7 Å². The lowest BCUT2D eigenvalue weighted by atomic mass is 10.2. The van der Waals surface area contributed by atoms with Crippen LogP contribution in [-0.4, -0.2) is 29.4 Å². The molecular formula is C12H24N4. The zero-order valence-electron chi connectivity index (χ0n) is 10.9. The Morgan fingerprint density at radius 3 is 2.38 bits per heavy atom. The molecule has 0 atom stereocenters. The van der Waals surface area contributed by atoms with Crippen LogP contribution in [0.5, 0.6) is 0 Å². The van der Waals surface area contributed by atoms with Crippen LogP contribution in [0.2, 0.25) is 0 Å². The van der Waals surface area contributed by atoms with Crippen LogP contribution in [0.4, 0.5) is 0 Å². The molecule has 2 N–H and O–H groups in total.